The van der Waals surface area contributed by atoms with E-state index in [4.69, 9.17) is 28.6 Å². The number of anilines is 1. The normalized spacial score (nSPS) is 11.5. The van der Waals surface area contributed by atoms with E-state index in [9.17, 15) is 4.79 Å². The van der Waals surface area contributed by atoms with Crippen LogP contribution < -0.4 is 20.9 Å². The van der Waals surface area contributed by atoms with Gasteiger partial charge in [0.15, 0.2) is 11.2 Å². The van der Waals surface area contributed by atoms with Crippen molar-refractivity contribution >= 4 is 51.3 Å². The number of thiocarbonyl (C=S) groups is 1. The monoisotopic (exact) mass is 413 g/mol. The molecule has 0 radical (unpaired) electrons. The number of amides is 1. The first-order valence-electron chi connectivity index (χ1n) is 8.71. The van der Waals surface area contributed by atoms with Crippen LogP contribution in [-0.2, 0) is 4.79 Å². The number of hydrogen-bond acceptors (Lipinski definition) is 3. The maximum Gasteiger partial charge on any atom is 0.279 e. The Kier molecular flexibility index (Phi) is 6.34. The van der Waals surface area contributed by atoms with Crippen LogP contribution in [0.2, 0.25) is 5.02 Å². The summed E-state index contributed by atoms with van der Waals surface area (Å²) in [5.74, 6) is 0.274. The van der Waals surface area contributed by atoms with Gasteiger partial charge >= 0.3 is 0 Å². The van der Waals surface area contributed by atoms with Gasteiger partial charge in [0.25, 0.3) is 5.91 Å². The van der Waals surface area contributed by atoms with Crippen molar-refractivity contribution in [2.45, 2.75) is 20.0 Å². The first kappa shape index (κ1) is 19.9. The highest BCUT2D eigenvalue weighted by atomic mass is 35.5. The third kappa shape index (κ3) is 5.12. The summed E-state index contributed by atoms with van der Waals surface area (Å²) in [6.45, 7) is 3.59. The molecule has 0 saturated heterocycles. The van der Waals surface area contributed by atoms with Crippen LogP contribution in [0.15, 0.2) is 60.7 Å². The molecule has 0 heterocycles. The lowest BCUT2D eigenvalue weighted by atomic mass is 10.1. The number of carbonyl (C=O) groups excluding carboxylic acids is 1. The van der Waals surface area contributed by atoms with Crippen LogP contribution in [0.25, 0.3) is 10.8 Å². The summed E-state index contributed by atoms with van der Waals surface area (Å²) in [6.07, 6.45) is -0.703. The molecular formula is C21H20ClN3O2S. The summed E-state index contributed by atoms with van der Waals surface area (Å²) in [4.78, 5) is 12.3. The van der Waals surface area contributed by atoms with Crippen LogP contribution in [0.3, 0.4) is 0 Å². The molecule has 0 saturated carbocycles. The largest absolute Gasteiger partial charge is 0.481 e. The Morgan fingerprint density at radius 2 is 1.79 bits per heavy atom. The second-order valence-corrected chi connectivity index (χ2v) is 7.12. The Morgan fingerprint density at radius 3 is 2.54 bits per heavy atom. The van der Waals surface area contributed by atoms with Gasteiger partial charge in [0.1, 0.15) is 5.75 Å². The molecule has 0 bridgehead atoms. The average Bonchev–Trinajstić information content (AvgIpc) is 2.69. The van der Waals surface area contributed by atoms with E-state index in [1.807, 2.05) is 61.5 Å². The number of fused-ring (bicyclic) bond motifs is 1. The lowest BCUT2D eigenvalue weighted by molar-refractivity contribution is -0.127. The number of nitrogens with one attached hydrogen (secondary N) is 3. The maximum atomic E-state index is 12.3. The van der Waals surface area contributed by atoms with Crippen molar-refractivity contribution in [3.8, 4) is 5.75 Å². The molecule has 7 heteroatoms. The zero-order chi connectivity index (χ0) is 20.1. The van der Waals surface area contributed by atoms with E-state index in [2.05, 4.69) is 16.2 Å². The number of rotatable bonds is 4. The van der Waals surface area contributed by atoms with E-state index >= 15 is 0 Å². The average molecular weight is 414 g/mol. The van der Waals surface area contributed by atoms with Crippen molar-refractivity contribution in [1.29, 1.82) is 0 Å². The third-order valence-corrected chi connectivity index (χ3v) is 4.74. The highest BCUT2D eigenvalue weighted by Crippen LogP contribution is 2.21. The minimum absolute atomic E-state index is 0.242. The van der Waals surface area contributed by atoms with Gasteiger partial charge in [-0.2, -0.15) is 0 Å². The van der Waals surface area contributed by atoms with Crippen molar-refractivity contribution in [1.82, 2.24) is 10.9 Å². The zero-order valence-electron chi connectivity index (χ0n) is 15.5. The molecule has 0 aromatic heterocycles. The fourth-order valence-corrected chi connectivity index (χ4v) is 2.90. The first-order valence-corrected chi connectivity index (χ1v) is 9.49. The van der Waals surface area contributed by atoms with E-state index in [1.165, 1.54) is 0 Å². The molecule has 0 aliphatic rings. The van der Waals surface area contributed by atoms with Crippen molar-refractivity contribution in [3.63, 3.8) is 0 Å². The van der Waals surface area contributed by atoms with Gasteiger partial charge in [-0.3, -0.25) is 15.6 Å². The Hall–Kier alpha value is -2.83. The summed E-state index contributed by atoms with van der Waals surface area (Å²) in [5.41, 5.74) is 6.89. The minimum atomic E-state index is -0.703. The van der Waals surface area contributed by atoms with Crippen LogP contribution in [0.5, 0.6) is 5.75 Å². The van der Waals surface area contributed by atoms with Gasteiger partial charge in [0, 0.05) is 10.7 Å². The summed E-state index contributed by atoms with van der Waals surface area (Å²) in [7, 11) is 0. The molecule has 144 valence electrons. The molecule has 0 fully saturated rings. The smallest absolute Gasteiger partial charge is 0.279 e. The van der Waals surface area contributed by atoms with Gasteiger partial charge in [-0.1, -0.05) is 48.0 Å². The molecular weight excluding hydrogens is 394 g/mol. The Morgan fingerprint density at radius 1 is 1.04 bits per heavy atom. The lowest BCUT2D eigenvalue weighted by Crippen LogP contribution is -2.48. The quantitative estimate of drug-likeness (QED) is 0.431. The molecule has 5 nitrogen and oxygen atoms in total. The van der Waals surface area contributed by atoms with Crippen molar-refractivity contribution in [2.24, 2.45) is 0 Å². The van der Waals surface area contributed by atoms with Gasteiger partial charge in [-0.25, -0.2) is 0 Å². The molecule has 0 spiro atoms. The second-order valence-electron chi connectivity index (χ2n) is 6.30. The predicted molar refractivity (Wildman–Crippen MR) is 118 cm³/mol. The maximum absolute atomic E-state index is 12.3. The molecule has 0 aliphatic carbocycles. The zero-order valence-corrected chi connectivity index (χ0v) is 17.0. The number of hydrogen-bond donors (Lipinski definition) is 3. The molecule has 0 aliphatic heterocycles. The molecule has 3 N–H and O–H groups in total. The third-order valence-electron chi connectivity index (χ3n) is 4.13. The van der Waals surface area contributed by atoms with E-state index in [-0.39, 0.29) is 11.0 Å². The van der Waals surface area contributed by atoms with E-state index in [0.717, 1.165) is 22.0 Å². The number of carbonyl (C=O) groups is 1. The van der Waals surface area contributed by atoms with Crippen LogP contribution in [0.4, 0.5) is 5.69 Å². The van der Waals surface area contributed by atoms with Crippen LogP contribution in [-0.4, -0.2) is 17.1 Å². The molecule has 3 aromatic rings. The van der Waals surface area contributed by atoms with Gasteiger partial charge in [0.2, 0.25) is 0 Å². The standard InChI is InChI=1S/C21H20ClN3O2S/c1-13-7-9-17(12-19(13)22)23-21(28)25-24-20(26)14(2)27-18-10-8-15-5-3-4-6-16(15)11-18/h3-12,14H,1-2H3,(H,24,26)(H2,23,25,28)/t14-/m1/s1. The minimum Gasteiger partial charge on any atom is -0.481 e. The van der Waals surface area contributed by atoms with Gasteiger partial charge in [-0.15, -0.1) is 0 Å². The molecule has 1 atom stereocenters. The number of hydrazine groups is 1. The first-order chi connectivity index (χ1) is 13.4. The van der Waals surface area contributed by atoms with Gasteiger partial charge < -0.3 is 10.1 Å². The lowest BCUT2D eigenvalue weighted by Gasteiger charge is -2.17. The van der Waals surface area contributed by atoms with Crippen LogP contribution >= 0.6 is 23.8 Å². The van der Waals surface area contributed by atoms with E-state index in [0.29, 0.717) is 10.8 Å². The van der Waals surface area contributed by atoms with Crippen molar-refractivity contribution in [3.05, 3.63) is 71.2 Å². The topological polar surface area (TPSA) is 62.4 Å². The summed E-state index contributed by atoms with van der Waals surface area (Å²) >= 11 is 11.3. The van der Waals surface area contributed by atoms with Crippen molar-refractivity contribution in [2.75, 3.05) is 5.32 Å². The van der Waals surface area contributed by atoms with Gasteiger partial charge in [0.05, 0.1) is 0 Å². The predicted octanol–water partition coefficient (Wildman–Crippen LogP) is 4.59. The molecule has 3 aromatic carbocycles. The number of ether oxygens (including phenoxy) is 1. The van der Waals surface area contributed by atoms with E-state index in [1.54, 1.807) is 13.0 Å². The number of benzene rings is 3. The highest BCUT2D eigenvalue weighted by Gasteiger charge is 2.15. The molecule has 0 unspecified atom stereocenters. The van der Waals surface area contributed by atoms with Crippen LogP contribution in [0, 0.1) is 6.92 Å². The van der Waals surface area contributed by atoms with E-state index < -0.39 is 6.10 Å². The SMILES string of the molecule is Cc1ccc(NC(=S)NNC(=O)[C@@H](C)Oc2ccc3ccccc3c2)cc1Cl. The van der Waals surface area contributed by atoms with Crippen LogP contribution in [0.1, 0.15) is 12.5 Å². The van der Waals surface area contributed by atoms with Crippen molar-refractivity contribution < 1.29 is 9.53 Å². The summed E-state index contributed by atoms with van der Waals surface area (Å²) in [5, 5.41) is 5.99. The fraction of sp³-hybridized carbons (Fsp3) is 0.143. The Bertz CT molecular complexity index is 1030. The summed E-state index contributed by atoms with van der Waals surface area (Å²) in [6, 6.07) is 19.1. The number of halogens is 1. The Balaban J connectivity index is 1.51. The highest BCUT2D eigenvalue weighted by molar-refractivity contribution is 7.80. The number of aryl methyl sites for hydroxylation is 1. The molecule has 3 rings (SSSR count). The Labute approximate surface area is 174 Å². The molecule has 1 amide bonds. The molecule has 28 heavy (non-hydrogen) atoms. The fourth-order valence-electron chi connectivity index (χ4n) is 2.55. The second kappa shape index (κ2) is 8.91. The summed E-state index contributed by atoms with van der Waals surface area (Å²) < 4.78 is 5.73. The van der Waals surface area contributed by atoms with Gasteiger partial charge in [-0.05, 0) is 66.7 Å².